The van der Waals surface area contributed by atoms with Crippen LogP contribution in [0.2, 0.25) is 0 Å². The molecule has 0 bridgehead atoms. The molecular formula is C28H40N2O2. The first-order chi connectivity index (χ1) is 15.7. The van der Waals surface area contributed by atoms with Gasteiger partial charge in [-0.05, 0) is 37.1 Å². The number of hydrogen-bond acceptors (Lipinski definition) is 2. The molecule has 1 aliphatic carbocycles. The Balaban J connectivity index is 0. The molecule has 0 spiro atoms. The fraction of sp³-hybridized carbons (Fsp3) is 0.286. The van der Waals surface area contributed by atoms with Gasteiger partial charge in [-0.1, -0.05) is 103 Å². The third-order valence-electron chi connectivity index (χ3n) is 3.67. The van der Waals surface area contributed by atoms with E-state index in [1.807, 2.05) is 65.8 Å². The molecule has 32 heavy (non-hydrogen) atoms. The topological polar surface area (TPSA) is 58.2 Å². The third-order valence-corrected chi connectivity index (χ3v) is 3.67. The van der Waals surface area contributed by atoms with Gasteiger partial charge in [-0.3, -0.25) is 9.59 Å². The van der Waals surface area contributed by atoms with Crippen molar-refractivity contribution in [3.05, 3.63) is 109 Å². The predicted octanol–water partition coefficient (Wildman–Crippen LogP) is 7.03. The number of carbonyl (C=O) groups is 2. The maximum Gasteiger partial charge on any atom is 0.257 e. The lowest BCUT2D eigenvalue weighted by molar-refractivity contribution is -0.116. The number of hydrogen-bond donors (Lipinski definition) is 2. The molecule has 0 fully saturated rings. The van der Waals surface area contributed by atoms with E-state index in [9.17, 15) is 9.59 Å². The number of rotatable bonds is 7. The van der Waals surface area contributed by atoms with Crippen molar-refractivity contribution in [2.75, 3.05) is 0 Å². The summed E-state index contributed by atoms with van der Waals surface area (Å²) in [5, 5.41) is 5.61. The van der Waals surface area contributed by atoms with Crippen LogP contribution >= 0.6 is 0 Å². The summed E-state index contributed by atoms with van der Waals surface area (Å²) in [5.41, 5.74) is 1.86. The number of benzene rings is 1. The van der Waals surface area contributed by atoms with Crippen molar-refractivity contribution in [1.82, 2.24) is 10.6 Å². The molecule has 4 nitrogen and oxygen atoms in total. The summed E-state index contributed by atoms with van der Waals surface area (Å²) >= 11 is 0. The van der Waals surface area contributed by atoms with Crippen molar-refractivity contribution in [3.63, 3.8) is 0 Å². The van der Waals surface area contributed by atoms with Gasteiger partial charge in [-0.2, -0.15) is 0 Å². The maximum atomic E-state index is 12.6. The van der Waals surface area contributed by atoms with Gasteiger partial charge >= 0.3 is 0 Å². The average Bonchev–Trinajstić information content (AvgIpc) is 2.87. The molecule has 1 aliphatic rings. The molecule has 0 saturated carbocycles. The zero-order valence-corrected chi connectivity index (χ0v) is 20.6. The van der Waals surface area contributed by atoms with Gasteiger partial charge in [0, 0.05) is 11.3 Å². The Morgan fingerprint density at radius 2 is 1.56 bits per heavy atom. The lowest BCUT2D eigenvalue weighted by atomic mass is 10.1. The molecule has 1 aromatic rings. The minimum atomic E-state index is -0.338. The van der Waals surface area contributed by atoms with Crippen LogP contribution in [0.3, 0.4) is 0 Å². The molecule has 0 radical (unpaired) electrons. The van der Waals surface area contributed by atoms with E-state index < -0.39 is 0 Å². The summed E-state index contributed by atoms with van der Waals surface area (Å²) < 4.78 is 0. The van der Waals surface area contributed by atoms with Crippen LogP contribution in [-0.2, 0) is 4.79 Å². The van der Waals surface area contributed by atoms with Crippen LogP contribution in [0.25, 0.3) is 0 Å². The number of nitrogens with one attached hydrogen (secondary N) is 2. The van der Waals surface area contributed by atoms with E-state index in [4.69, 9.17) is 0 Å². The van der Waals surface area contributed by atoms with Gasteiger partial charge in [0.05, 0.1) is 11.3 Å². The van der Waals surface area contributed by atoms with Crippen LogP contribution in [0.5, 0.6) is 0 Å². The Hall–Kier alpha value is -3.40. The maximum absolute atomic E-state index is 12.6. The normalized spacial score (nSPS) is 12.1. The van der Waals surface area contributed by atoms with E-state index in [0.717, 1.165) is 18.5 Å². The highest BCUT2D eigenvalue weighted by Crippen LogP contribution is 2.11. The highest BCUT2D eigenvalue weighted by Gasteiger charge is 2.15. The van der Waals surface area contributed by atoms with E-state index in [0.29, 0.717) is 11.3 Å². The van der Waals surface area contributed by atoms with E-state index in [-0.39, 0.29) is 17.4 Å². The van der Waals surface area contributed by atoms with E-state index in [1.54, 1.807) is 42.5 Å². The molecule has 2 N–H and O–H groups in total. The smallest absolute Gasteiger partial charge is 0.257 e. The second-order valence-electron chi connectivity index (χ2n) is 5.54. The largest absolute Gasteiger partial charge is 0.322 e. The lowest BCUT2D eigenvalue weighted by Gasteiger charge is -2.13. The summed E-state index contributed by atoms with van der Waals surface area (Å²) in [7, 11) is 0. The second kappa shape index (κ2) is 20.9. The van der Waals surface area contributed by atoms with Gasteiger partial charge in [-0.15, -0.1) is 0 Å². The monoisotopic (exact) mass is 436 g/mol. The van der Waals surface area contributed by atoms with Gasteiger partial charge in [0.1, 0.15) is 0 Å². The van der Waals surface area contributed by atoms with Crippen LogP contribution in [-0.4, -0.2) is 11.8 Å². The molecule has 2 rings (SSSR count). The van der Waals surface area contributed by atoms with E-state index >= 15 is 0 Å². The van der Waals surface area contributed by atoms with Crippen molar-refractivity contribution < 1.29 is 9.59 Å². The zero-order valence-electron chi connectivity index (χ0n) is 20.6. The van der Waals surface area contributed by atoms with Crippen molar-refractivity contribution in [2.45, 2.75) is 54.4 Å². The van der Waals surface area contributed by atoms with Gasteiger partial charge in [0.15, 0.2) is 0 Å². The second-order valence-corrected chi connectivity index (χ2v) is 5.54. The molecular weight excluding hydrogens is 396 g/mol. The standard InChI is InChI=1S/C22H22N2O2.3C2H6/c1-3-5-16-20(24-21(25)17-12-8-6-9-13-17)19(4-2)22(26)23-18-14-10-7-11-15-18;3*1-2/h3-6,8-10,12-16H,1-2,7,11H2,(H,23,26)(H,24,25);3*1-2H3/b16-5-,20-19-;;;. The summed E-state index contributed by atoms with van der Waals surface area (Å²) in [6.45, 7) is 19.3. The van der Waals surface area contributed by atoms with Crippen LogP contribution < -0.4 is 10.6 Å². The van der Waals surface area contributed by atoms with E-state index in [1.165, 1.54) is 6.08 Å². The molecule has 0 heterocycles. The lowest BCUT2D eigenvalue weighted by Crippen LogP contribution is -2.29. The summed E-state index contributed by atoms with van der Waals surface area (Å²) in [5.74, 6) is -0.645. The van der Waals surface area contributed by atoms with E-state index in [2.05, 4.69) is 23.8 Å². The fourth-order valence-corrected chi connectivity index (χ4v) is 2.38. The molecule has 0 aromatic heterocycles. The molecule has 4 heteroatoms. The highest BCUT2D eigenvalue weighted by atomic mass is 16.2. The zero-order chi connectivity index (χ0) is 24.8. The first kappa shape index (κ1) is 30.8. The molecule has 0 atom stereocenters. The van der Waals surface area contributed by atoms with Gasteiger partial charge in [0.25, 0.3) is 11.8 Å². The molecule has 174 valence electrons. The fourth-order valence-electron chi connectivity index (χ4n) is 2.38. The summed E-state index contributed by atoms with van der Waals surface area (Å²) in [6, 6.07) is 8.80. The van der Waals surface area contributed by atoms with Crippen molar-refractivity contribution in [3.8, 4) is 0 Å². The van der Waals surface area contributed by atoms with Crippen molar-refractivity contribution >= 4 is 11.8 Å². The number of allylic oxidation sites excluding steroid dienone is 6. The van der Waals surface area contributed by atoms with Crippen LogP contribution in [0.15, 0.2) is 103 Å². The average molecular weight is 437 g/mol. The minimum absolute atomic E-state index is 0.271. The summed E-state index contributed by atoms with van der Waals surface area (Å²) in [4.78, 5) is 25.1. The van der Waals surface area contributed by atoms with Crippen LogP contribution in [0.1, 0.15) is 64.7 Å². The summed E-state index contributed by atoms with van der Waals surface area (Å²) in [6.07, 6.45) is 13.9. The molecule has 1 aromatic carbocycles. The molecule has 0 aliphatic heterocycles. The molecule has 2 amide bonds. The predicted molar refractivity (Wildman–Crippen MR) is 139 cm³/mol. The Morgan fingerprint density at radius 1 is 0.938 bits per heavy atom. The molecule has 0 saturated heterocycles. The SMILES string of the molecule is C=C/C=C\C(NC(=O)c1ccccc1)=C(/C=C)C(=O)NC1=CCCC=C1.CC.CC.CC. The highest BCUT2D eigenvalue weighted by molar-refractivity contribution is 6.01. The Bertz CT molecular complexity index is 813. The van der Waals surface area contributed by atoms with Gasteiger partial charge in [0.2, 0.25) is 0 Å². The van der Waals surface area contributed by atoms with Crippen LogP contribution in [0, 0.1) is 0 Å². The van der Waals surface area contributed by atoms with Crippen molar-refractivity contribution in [2.24, 2.45) is 0 Å². The Labute approximate surface area is 195 Å². The minimum Gasteiger partial charge on any atom is -0.322 e. The first-order valence-corrected chi connectivity index (χ1v) is 11.4. The molecule has 0 unspecified atom stereocenters. The van der Waals surface area contributed by atoms with Crippen LogP contribution in [0.4, 0.5) is 0 Å². The Kier molecular flexibility index (Phi) is 20.1. The van der Waals surface area contributed by atoms with Gasteiger partial charge in [-0.25, -0.2) is 0 Å². The first-order valence-electron chi connectivity index (χ1n) is 11.4. The Morgan fingerprint density at radius 3 is 2.06 bits per heavy atom. The number of carbonyl (C=O) groups excluding carboxylic acids is 2. The number of amides is 2. The van der Waals surface area contributed by atoms with Gasteiger partial charge < -0.3 is 10.6 Å². The third kappa shape index (κ3) is 11.7. The van der Waals surface area contributed by atoms with Crippen molar-refractivity contribution in [1.29, 1.82) is 0 Å². The quantitative estimate of drug-likeness (QED) is 0.356.